The van der Waals surface area contributed by atoms with Crippen LogP contribution in [-0.2, 0) is 6.54 Å². The fourth-order valence-corrected chi connectivity index (χ4v) is 3.27. The number of benzene rings is 2. The van der Waals surface area contributed by atoms with Crippen molar-refractivity contribution in [2.45, 2.75) is 25.8 Å². The first-order valence-electron chi connectivity index (χ1n) is 8.68. The summed E-state index contributed by atoms with van der Waals surface area (Å²) in [7, 11) is 0. The summed E-state index contributed by atoms with van der Waals surface area (Å²) < 4.78 is 0. The minimum Gasteiger partial charge on any atom is -0.340 e. The van der Waals surface area contributed by atoms with Crippen LogP contribution in [0.5, 0.6) is 0 Å². The molecule has 0 bridgehead atoms. The van der Waals surface area contributed by atoms with Crippen molar-refractivity contribution in [2.24, 2.45) is 0 Å². The molecule has 2 aromatic carbocycles. The van der Waals surface area contributed by atoms with Crippen molar-refractivity contribution >= 4 is 22.4 Å². The Kier molecular flexibility index (Phi) is 4.38. The van der Waals surface area contributed by atoms with Crippen molar-refractivity contribution in [1.82, 2.24) is 14.9 Å². The molecule has 0 aliphatic carbocycles. The van der Waals surface area contributed by atoms with E-state index < -0.39 is 0 Å². The van der Waals surface area contributed by atoms with Gasteiger partial charge in [-0.2, -0.15) is 0 Å². The molecule has 24 heavy (non-hydrogen) atoms. The van der Waals surface area contributed by atoms with E-state index in [-0.39, 0.29) is 0 Å². The number of likely N-dealkylation sites (tertiary alicyclic amines) is 1. The Bertz CT molecular complexity index is 810. The molecule has 1 saturated heterocycles. The molecule has 0 amide bonds. The van der Waals surface area contributed by atoms with Gasteiger partial charge in [0.25, 0.3) is 0 Å². The molecule has 0 unspecified atom stereocenters. The molecule has 1 fully saturated rings. The summed E-state index contributed by atoms with van der Waals surface area (Å²) in [6.07, 6.45) is 3.90. The molecule has 1 N–H and O–H groups in total. The SMILES string of the molecule is c1ccc(Nc2nc(CN3CCCCC3)nc3ccccc23)cc1. The van der Waals surface area contributed by atoms with E-state index in [0.717, 1.165) is 47.9 Å². The van der Waals surface area contributed by atoms with E-state index in [9.17, 15) is 0 Å². The molecule has 4 nitrogen and oxygen atoms in total. The number of nitrogens with zero attached hydrogens (tertiary/aromatic N) is 3. The normalized spacial score (nSPS) is 15.5. The molecule has 0 radical (unpaired) electrons. The highest BCUT2D eigenvalue weighted by molar-refractivity contribution is 5.90. The third-order valence-electron chi connectivity index (χ3n) is 4.50. The largest absolute Gasteiger partial charge is 0.340 e. The number of para-hydroxylation sites is 2. The molecular formula is C20H22N4. The van der Waals surface area contributed by atoms with Gasteiger partial charge in [-0.15, -0.1) is 0 Å². The lowest BCUT2D eigenvalue weighted by Gasteiger charge is -2.25. The second kappa shape index (κ2) is 6.97. The van der Waals surface area contributed by atoms with E-state index >= 15 is 0 Å². The van der Waals surface area contributed by atoms with Crippen molar-refractivity contribution in [1.29, 1.82) is 0 Å². The summed E-state index contributed by atoms with van der Waals surface area (Å²) in [6.45, 7) is 3.13. The zero-order valence-electron chi connectivity index (χ0n) is 13.8. The maximum atomic E-state index is 4.83. The smallest absolute Gasteiger partial charge is 0.145 e. The number of fused-ring (bicyclic) bond motifs is 1. The standard InChI is InChI=1S/C20H22N4/c1-3-9-16(10-4-1)21-20-17-11-5-6-12-18(17)22-19(23-20)15-24-13-7-2-8-14-24/h1,3-6,9-12H,2,7-8,13-15H2,(H,21,22,23). The molecule has 4 heteroatoms. The maximum absolute atomic E-state index is 4.83. The van der Waals surface area contributed by atoms with Gasteiger partial charge < -0.3 is 5.32 Å². The van der Waals surface area contributed by atoms with Gasteiger partial charge in [-0.25, -0.2) is 9.97 Å². The van der Waals surface area contributed by atoms with Gasteiger partial charge in [-0.05, 0) is 50.2 Å². The highest BCUT2D eigenvalue weighted by atomic mass is 15.2. The molecule has 1 aromatic heterocycles. The molecule has 0 spiro atoms. The Balaban J connectivity index is 1.67. The zero-order chi connectivity index (χ0) is 16.2. The minimum atomic E-state index is 0.828. The average Bonchev–Trinajstić information content (AvgIpc) is 2.63. The van der Waals surface area contributed by atoms with Crippen LogP contribution in [0.25, 0.3) is 10.9 Å². The maximum Gasteiger partial charge on any atom is 0.145 e. The minimum absolute atomic E-state index is 0.828. The highest BCUT2D eigenvalue weighted by Crippen LogP contribution is 2.24. The van der Waals surface area contributed by atoms with E-state index in [1.54, 1.807) is 0 Å². The van der Waals surface area contributed by atoms with E-state index in [1.165, 1.54) is 19.3 Å². The first-order chi connectivity index (χ1) is 11.9. The summed E-state index contributed by atoms with van der Waals surface area (Å²) in [5.74, 6) is 1.79. The Labute approximate surface area is 142 Å². The molecular weight excluding hydrogens is 296 g/mol. The van der Waals surface area contributed by atoms with Crippen molar-refractivity contribution in [3.63, 3.8) is 0 Å². The molecule has 2 heterocycles. The van der Waals surface area contributed by atoms with Gasteiger partial charge in [0.1, 0.15) is 11.6 Å². The highest BCUT2D eigenvalue weighted by Gasteiger charge is 2.14. The fraction of sp³-hybridized carbons (Fsp3) is 0.300. The number of nitrogens with one attached hydrogen (secondary N) is 1. The van der Waals surface area contributed by atoms with Gasteiger partial charge in [0.15, 0.2) is 0 Å². The van der Waals surface area contributed by atoms with Crippen LogP contribution in [0.1, 0.15) is 25.1 Å². The zero-order valence-corrected chi connectivity index (χ0v) is 13.8. The van der Waals surface area contributed by atoms with Crippen molar-refractivity contribution < 1.29 is 0 Å². The fourth-order valence-electron chi connectivity index (χ4n) is 3.27. The molecule has 1 aliphatic rings. The Morgan fingerprint density at radius 1 is 0.833 bits per heavy atom. The lowest BCUT2D eigenvalue weighted by atomic mass is 10.1. The Hall–Kier alpha value is -2.46. The summed E-state index contributed by atoms with van der Waals surface area (Å²) in [5, 5.41) is 4.51. The van der Waals surface area contributed by atoms with Gasteiger partial charge in [0.2, 0.25) is 0 Å². The van der Waals surface area contributed by atoms with Crippen molar-refractivity contribution in [3.8, 4) is 0 Å². The predicted octanol–water partition coefficient (Wildman–Crippen LogP) is 4.36. The van der Waals surface area contributed by atoms with E-state index in [0.29, 0.717) is 0 Å². The van der Waals surface area contributed by atoms with Gasteiger partial charge >= 0.3 is 0 Å². The van der Waals surface area contributed by atoms with Crippen LogP contribution in [0.4, 0.5) is 11.5 Å². The van der Waals surface area contributed by atoms with E-state index in [4.69, 9.17) is 9.97 Å². The molecule has 1 aliphatic heterocycles. The quantitative estimate of drug-likeness (QED) is 0.776. The van der Waals surface area contributed by atoms with Gasteiger partial charge in [0.05, 0.1) is 12.1 Å². The summed E-state index contributed by atoms with van der Waals surface area (Å²) >= 11 is 0. The molecule has 0 saturated carbocycles. The summed E-state index contributed by atoms with van der Waals surface area (Å²) in [6, 6.07) is 18.4. The van der Waals surface area contributed by atoms with Crippen molar-refractivity contribution in [2.75, 3.05) is 18.4 Å². The van der Waals surface area contributed by atoms with E-state index in [2.05, 4.69) is 34.5 Å². The first-order valence-corrected chi connectivity index (χ1v) is 8.68. The Morgan fingerprint density at radius 2 is 1.58 bits per heavy atom. The second-order valence-electron chi connectivity index (χ2n) is 6.33. The lowest BCUT2D eigenvalue weighted by Crippen LogP contribution is -2.30. The number of rotatable bonds is 4. The van der Waals surface area contributed by atoms with Crippen LogP contribution in [0.3, 0.4) is 0 Å². The van der Waals surface area contributed by atoms with Crippen LogP contribution in [-0.4, -0.2) is 28.0 Å². The predicted molar refractivity (Wildman–Crippen MR) is 98.4 cm³/mol. The first kappa shape index (κ1) is 15.1. The monoisotopic (exact) mass is 318 g/mol. The number of anilines is 2. The molecule has 122 valence electrons. The van der Waals surface area contributed by atoms with Gasteiger partial charge in [-0.1, -0.05) is 36.8 Å². The number of aromatic nitrogens is 2. The number of hydrogen-bond donors (Lipinski definition) is 1. The van der Waals surface area contributed by atoms with Gasteiger partial charge in [0, 0.05) is 11.1 Å². The van der Waals surface area contributed by atoms with Crippen LogP contribution in [0.15, 0.2) is 54.6 Å². The summed E-state index contributed by atoms with van der Waals surface area (Å²) in [5.41, 5.74) is 2.04. The third kappa shape index (κ3) is 3.39. The van der Waals surface area contributed by atoms with Crippen LogP contribution >= 0.6 is 0 Å². The number of hydrogen-bond acceptors (Lipinski definition) is 4. The molecule has 0 atom stereocenters. The Morgan fingerprint density at radius 3 is 2.42 bits per heavy atom. The van der Waals surface area contributed by atoms with Crippen LogP contribution < -0.4 is 5.32 Å². The second-order valence-corrected chi connectivity index (χ2v) is 6.33. The van der Waals surface area contributed by atoms with Crippen LogP contribution in [0, 0.1) is 0 Å². The topological polar surface area (TPSA) is 41.1 Å². The molecule has 3 aromatic rings. The van der Waals surface area contributed by atoms with E-state index in [1.807, 2.05) is 30.3 Å². The number of piperidine rings is 1. The third-order valence-corrected chi connectivity index (χ3v) is 4.50. The lowest BCUT2D eigenvalue weighted by molar-refractivity contribution is 0.216. The summed E-state index contributed by atoms with van der Waals surface area (Å²) in [4.78, 5) is 12.1. The van der Waals surface area contributed by atoms with Crippen LogP contribution in [0.2, 0.25) is 0 Å². The molecule has 4 rings (SSSR count). The van der Waals surface area contributed by atoms with Gasteiger partial charge in [-0.3, -0.25) is 4.90 Å². The average molecular weight is 318 g/mol. The van der Waals surface area contributed by atoms with Crippen molar-refractivity contribution in [3.05, 3.63) is 60.4 Å².